The van der Waals surface area contributed by atoms with Gasteiger partial charge in [0.1, 0.15) is 30.6 Å². The highest BCUT2D eigenvalue weighted by Gasteiger charge is 2.41. The van der Waals surface area contributed by atoms with Gasteiger partial charge in [0.2, 0.25) is 5.95 Å². The molecule has 6 N–H and O–H groups in total. The largest absolute Gasteiger partial charge is 0.778 e. The number of hydrogen-bond donors (Lipinski definition) is 6. The van der Waals surface area contributed by atoms with Gasteiger partial charge in [0, 0.05) is 23.6 Å². The lowest BCUT2D eigenvalue weighted by molar-refractivity contribution is -0.193. The lowest BCUT2D eigenvalue weighted by Crippen LogP contribution is -2.35. The Kier molecular flexibility index (Phi) is 27.4. The Morgan fingerprint density at radius 1 is 0.949 bits per heavy atom. The van der Waals surface area contributed by atoms with E-state index in [2.05, 4.69) is 45.0 Å². The number of carbonyl (C=O) groups is 5. The standard InChI is InChI=1S/C18H15ClFNO3.C15H16F3N5O4S.C8H6Cl2O3.C3H8NO5P.C3H9S/c1-3-10(2)24-16-9-15(14(20)8-13(16)19)21-17(22)11-6-4-5-7-12(11)18(21)23;1-9-19-12(22-14(20-9)27-2)21-13(24)23-28(25,26)11-6-4-3-5-10(11)7-8-15(16,17)18;1-13-7-5(10)3-2-4(9)6(7)8(11)12;5-3(6)1-4-2-10(7,8)9;1-4(2)3/h1,8-10H,4-7H2,2H3;3-6H,7-8H2,1-2H3,(H2,19,20,21,22,23,24);2-3H,1H3,(H,11,12);4H,1-2H2,(H,5,6)(H2,7,8,9);1-3H3/q;;;;+1/p-1. The number of hydrogen-bond acceptors (Lipinski definition) is 16. The van der Waals surface area contributed by atoms with Crippen LogP contribution in [0.15, 0.2) is 64.6 Å². The van der Waals surface area contributed by atoms with Crippen molar-refractivity contribution in [1.29, 1.82) is 0 Å². The van der Waals surface area contributed by atoms with Crippen molar-refractivity contribution in [3.05, 3.63) is 97.5 Å². The molecule has 2 aliphatic rings. The second-order valence-electron chi connectivity index (χ2n) is 16.3. The van der Waals surface area contributed by atoms with Gasteiger partial charge in [-0.3, -0.25) is 25.0 Å². The van der Waals surface area contributed by atoms with Gasteiger partial charge in [-0.2, -0.15) is 28.1 Å². The summed E-state index contributed by atoms with van der Waals surface area (Å²) in [6, 6.07) is 8.98. The molecule has 0 saturated heterocycles. The molecule has 6 rings (SSSR count). The monoisotopic (exact) mass is 1230 g/mol. The molecule has 4 aromatic rings. The van der Waals surface area contributed by atoms with Gasteiger partial charge >= 0.3 is 30.2 Å². The topological polar surface area (TPSA) is 326 Å². The number of terminal acetylenes is 1. The number of carbonyl (C=O) groups excluding carboxylic acids is 3. The maximum atomic E-state index is 14.4. The Labute approximate surface area is 469 Å². The van der Waals surface area contributed by atoms with Gasteiger partial charge in [0.15, 0.2) is 11.9 Å². The zero-order valence-corrected chi connectivity index (χ0v) is 47.7. The van der Waals surface area contributed by atoms with Crippen molar-refractivity contribution < 1.29 is 88.7 Å². The van der Waals surface area contributed by atoms with Crippen LogP contribution in [0, 0.1) is 25.1 Å². The zero-order valence-electron chi connectivity index (χ0n) is 42.9. The molecule has 2 atom stereocenters. The molecule has 2 unspecified atom stereocenters. The van der Waals surface area contributed by atoms with Crippen LogP contribution in [0.25, 0.3) is 0 Å². The summed E-state index contributed by atoms with van der Waals surface area (Å²) in [4.78, 5) is 87.4. The van der Waals surface area contributed by atoms with E-state index in [9.17, 15) is 59.4 Å². The van der Waals surface area contributed by atoms with Crippen LogP contribution in [0.4, 0.5) is 34.0 Å². The SMILES string of the molecule is C#CC(C)Oc1cc(N2C(=O)C3=C(CCCC3)C2=O)c(F)cc1Cl.COc1c(Cl)ccc(Cl)c1C(=O)O.COc1nc(C)nc(NC(=O)NS(=O)(=O)c2ccccc2CCC(F)(F)F)n1.C[S+](C)C.O=C(O)CNCP(=O)([O-])O. The van der Waals surface area contributed by atoms with Crippen molar-refractivity contribution in [1.82, 2.24) is 25.0 Å². The molecule has 79 heavy (non-hydrogen) atoms. The fraction of sp³-hybridized carbons (Fsp3) is 0.362. The fourth-order valence-electron chi connectivity index (χ4n) is 6.36. The van der Waals surface area contributed by atoms with E-state index in [4.69, 9.17) is 70.5 Å². The number of nitrogens with one attached hydrogen (secondary N) is 3. The van der Waals surface area contributed by atoms with Gasteiger partial charge in [-0.1, -0.05) is 58.9 Å². The Balaban J connectivity index is 0.000000376. The fourth-order valence-corrected chi connectivity index (χ4v) is 8.59. The number of alkyl halides is 3. The molecule has 0 fully saturated rings. The molecule has 32 heteroatoms. The van der Waals surface area contributed by atoms with Crippen LogP contribution in [0.1, 0.15) is 60.8 Å². The number of aliphatic carboxylic acids is 1. The number of urea groups is 1. The summed E-state index contributed by atoms with van der Waals surface area (Å²) < 4.78 is 103. The average molecular weight is 1230 g/mol. The van der Waals surface area contributed by atoms with Crippen LogP contribution >= 0.6 is 42.4 Å². The van der Waals surface area contributed by atoms with E-state index in [-0.39, 0.29) is 61.2 Å². The van der Waals surface area contributed by atoms with Crippen LogP contribution < -0.4 is 39.4 Å². The number of aryl methyl sites for hydroxylation is 2. The molecule has 1 aliphatic heterocycles. The van der Waals surface area contributed by atoms with Crippen LogP contribution in [-0.2, 0) is 46.3 Å². The number of halogens is 7. The molecular weight excluding hydrogens is 1180 g/mol. The van der Waals surface area contributed by atoms with Crippen LogP contribution in [0.5, 0.6) is 17.5 Å². The number of benzene rings is 3. The van der Waals surface area contributed by atoms with E-state index in [1.165, 1.54) is 57.5 Å². The number of amides is 4. The van der Waals surface area contributed by atoms with Gasteiger partial charge in [-0.25, -0.2) is 32.0 Å². The Morgan fingerprint density at radius 2 is 1.52 bits per heavy atom. The highest BCUT2D eigenvalue weighted by molar-refractivity contribution is 7.94. The summed E-state index contributed by atoms with van der Waals surface area (Å²) in [6.07, 6.45) is 7.15. The number of carboxylic acids is 2. The molecule has 3 aromatic carbocycles. The molecular formula is C47H53Cl3F4N7O15PS2. The summed E-state index contributed by atoms with van der Waals surface area (Å²) >= 11 is 17.3. The number of anilines is 2. The molecule has 22 nitrogen and oxygen atoms in total. The number of ether oxygens (including phenoxy) is 3. The predicted molar refractivity (Wildman–Crippen MR) is 285 cm³/mol. The number of imide groups is 1. The number of sulfonamides is 1. The lowest BCUT2D eigenvalue weighted by Gasteiger charge is -2.19. The average Bonchev–Trinajstić information content (AvgIpc) is 3.61. The summed E-state index contributed by atoms with van der Waals surface area (Å²) in [6.45, 7) is 2.65. The van der Waals surface area contributed by atoms with Crippen molar-refractivity contribution in [2.45, 2.75) is 69.5 Å². The normalized spacial score (nSPS) is 13.9. The maximum absolute atomic E-state index is 14.4. The van der Waals surface area contributed by atoms with Crippen molar-refractivity contribution >= 4 is 105 Å². The Hall–Kier alpha value is -6.28. The van der Waals surface area contributed by atoms with Gasteiger partial charge in [0.05, 0.1) is 71.5 Å². The molecule has 0 saturated carbocycles. The highest BCUT2D eigenvalue weighted by atomic mass is 35.5. The first-order valence-electron chi connectivity index (χ1n) is 22.3. The molecule has 0 spiro atoms. The number of rotatable bonds is 15. The zero-order chi connectivity index (χ0) is 60.2. The van der Waals surface area contributed by atoms with Crippen molar-refractivity contribution in [3.63, 3.8) is 0 Å². The molecule has 1 aliphatic carbocycles. The minimum Gasteiger partial charge on any atom is -0.778 e. The van der Waals surface area contributed by atoms with E-state index in [0.717, 1.165) is 29.9 Å². The van der Waals surface area contributed by atoms with Crippen LogP contribution in [0.3, 0.4) is 0 Å². The van der Waals surface area contributed by atoms with Gasteiger partial charge in [-0.15, -0.1) is 6.42 Å². The number of methoxy groups -OCH3 is 2. The summed E-state index contributed by atoms with van der Waals surface area (Å²) in [7, 11) is -5.51. The molecule has 0 radical (unpaired) electrons. The summed E-state index contributed by atoms with van der Waals surface area (Å²) in [5.74, 6) is -1.49. The number of nitrogens with zero attached hydrogens (tertiary/aromatic N) is 4. The first-order chi connectivity index (χ1) is 36.7. The van der Waals surface area contributed by atoms with Gasteiger partial charge in [-0.05, 0) is 86.7 Å². The van der Waals surface area contributed by atoms with E-state index in [1.807, 2.05) is 5.32 Å². The van der Waals surface area contributed by atoms with E-state index >= 15 is 0 Å². The van der Waals surface area contributed by atoms with Gasteiger partial charge < -0.3 is 38.8 Å². The first kappa shape index (κ1) is 68.8. The number of aromatic nitrogens is 3. The third-order valence-corrected chi connectivity index (χ3v) is 12.5. The molecule has 2 heterocycles. The lowest BCUT2D eigenvalue weighted by atomic mass is 9.93. The van der Waals surface area contributed by atoms with Gasteiger partial charge in [0.25, 0.3) is 21.8 Å². The Morgan fingerprint density at radius 3 is 2.01 bits per heavy atom. The smallest absolute Gasteiger partial charge is 0.389 e. The quantitative estimate of drug-likeness (QED) is 0.0226. The maximum Gasteiger partial charge on any atom is 0.389 e. The van der Waals surface area contributed by atoms with Crippen molar-refractivity contribution in [2.24, 2.45) is 0 Å². The molecule has 1 aromatic heterocycles. The molecule has 4 amide bonds. The van der Waals surface area contributed by atoms with Crippen LogP contribution in [0.2, 0.25) is 15.1 Å². The minimum atomic E-state index is -4.45. The first-order valence-corrected chi connectivity index (χ1v) is 29.2. The summed E-state index contributed by atoms with van der Waals surface area (Å²) in [5.41, 5.74) is 0.623. The summed E-state index contributed by atoms with van der Waals surface area (Å²) in [5, 5.41) is 21.2. The number of aromatic carboxylic acids is 1. The number of carboxylic acid groups (broad SMARTS) is 2. The highest BCUT2D eigenvalue weighted by Crippen LogP contribution is 2.40. The third-order valence-electron chi connectivity index (χ3n) is 9.54. The molecule has 0 bridgehead atoms. The third kappa shape index (κ3) is 23.1. The van der Waals surface area contributed by atoms with E-state index < -0.39 is 96.1 Å². The Bertz CT molecular complexity index is 3070. The molecule has 432 valence electrons. The van der Waals surface area contributed by atoms with Crippen molar-refractivity contribution in [2.75, 3.05) is 56.0 Å². The van der Waals surface area contributed by atoms with Crippen LogP contribution in [-0.4, -0.2) is 126 Å². The predicted octanol–water partition coefficient (Wildman–Crippen LogP) is 7.18. The minimum absolute atomic E-state index is 0.0233. The van der Waals surface area contributed by atoms with Crippen molar-refractivity contribution in [3.8, 4) is 29.9 Å². The van der Waals surface area contributed by atoms with E-state index in [1.54, 1.807) is 11.6 Å². The second-order valence-corrected chi connectivity index (χ2v) is 23.2. The second kappa shape index (κ2) is 31.5. The van der Waals surface area contributed by atoms with E-state index in [0.29, 0.717) is 34.9 Å².